The van der Waals surface area contributed by atoms with E-state index in [9.17, 15) is 5.26 Å². The molecule has 0 aliphatic carbocycles. The second-order valence-corrected chi connectivity index (χ2v) is 4.56. The van der Waals surface area contributed by atoms with Crippen molar-refractivity contribution in [3.8, 4) is 6.07 Å². The van der Waals surface area contributed by atoms with Gasteiger partial charge in [0.25, 0.3) is 0 Å². The van der Waals surface area contributed by atoms with Gasteiger partial charge in [0.05, 0.1) is 23.4 Å². The summed E-state index contributed by atoms with van der Waals surface area (Å²) >= 11 is 0. The molecule has 0 saturated carbocycles. The molecule has 0 saturated heterocycles. The Kier molecular flexibility index (Phi) is 2.57. The third-order valence-corrected chi connectivity index (χ3v) is 3.33. The molecule has 0 N–H and O–H groups in total. The maximum atomic E-state index is 9.42. The van der Waals surface area contributed by atoms with Gasteiger partial charge in [-0.2, -0.15) is 5.26 Å². The topological polar surface area (TPSA) is 59.4 Å². The van der Waals surface area contributed by atoms with E-state index >= 15 is 0 Å². The molecule has 1 atom stereocenters. The Bertz CT molecular complexity index is 775. The Hall–Kier alpha value is -2.61. The van der Waals surface area contributed by atoms with E-state index in [0.717, 1.165) is 22.4 Å². The molecule has 1 aromatic carbocycles. The van der Waals surface area contributed by atoms with Gasteiger partial charge in [0.15, 0.2) is 0 Å². The Balaban J connectivity index is 2.12. The second-order valence-electron chi connectivity index (χ2n) is 4.56. The Morgan fingerprint density at radius 3 is 2.74 bits per heavy atom. The normalized spacial score (nSPS) is 12.5. The van der Waals surface area contributed by atoms with Crippen LogP contribution in [-0.2, 0) is 14.1 Å². The summed E-state index contributed by atoms with van der Waals surface area (Å²) in [6.45, 7) is 0. The van der Waals surface area contributed by atoms with Crippen molar-refractivity contribution >= 4 is 11.0 Å². The van der Waals surface area contributed by atoms with E-state index in [2.05, 4.69) is 16.0 Å². The van der Waals surface area contributed by atoms with Gasteiger partial charge in [-0.05, 0) is 17.7 Å². The van der Waals surface area contributed by atoms with Crippen LogP contribution < -0.4 is 0 Å². The SMILES string of the molecule is Cn1ccnc1C(C#N)c1ccc2c(c1)ncn2C. The number of aromatic nitrogens is 4. The third kappa shape index (κ3) is 1.78. The van der Waals surface area contributed by atoms with Gasteiger partial charge in [0.1, 0.15) is 11.7 Å². The Morgan fingerprint density at radius 1 is 1.21 bits per heavy atom. The predicted molar refractivity (Wildman–Crippen MR) is 71.4 cm³/mol. The molecule has 0 bridgehead atoms. The van der Waals surface area contributed by atoms with E-state index in [4.69, 9.17) is 0 Å². The number of benzene rings is 1. The van der Waals surface area contributed by atoms with Gasteiger partial charge in [0.2, 0.25) is 0 Å². The lowest BCUT2D eigenvalue weighted by Crippen LogP contribution is -2.05. The van der Waals surface area contributed by atoms with E-state index in [-0.39, 0.29) is 5.92 Å². The zero-order valence-corrected chi connectivity index (χ0v) is 10.8. The lowest BCUT2D eigenvalue weighted by atomic mass is 9.99. The summed E-state index contributed by atoms with van der Waals surface area (Å²) in [6.07, 6.45) is 5.33. The van der Waals surface area contributed by atoms with Crippen molar-refractivity contribution in [2.24, 2.45) is 14.1 Å². The van der Waals surface area contributed by atoms with E-state index in [1.165, 1.54) is 0 Å². The summed E-state index contributed by atoms with van der Waals surface area (Å²) in [7, 11) is 3.85. The zero-order valence-electron chi connectivity index (χ0n) is 10.8. The molecular weight excluding hydrogens is 238 g/mol. The summed E-state index contributed by atoms with van der Waals surface area (Å²) < 4.78 is 3.83. The number of hydrogen-bond acceptors (Lipinski definition) is 3. The highest BCUT2D eigenvalue weighted by Crippen LogP contribution is 2.25. The maximum Gasteiger partial charge on any atom is 0.130 e. The molecule has 3 aromatic rings. The first kappa shape index (κ1) is 11.5. The fourth-order valence-corrected chi connectivity index (χ4v) is 2.27. The minimum absolute atomic E-state index is 0.369. The van der Waals surface area contributed by atoms with Gasteiger partial charge in [-0.3, -0.25) is 0 Å². The van der Waals surface area contributed by atoms with Gasteiger partial charge >= 0.3 is 0 Å². The highest BCUT2D eigenvalue weighted by atomic mass is 15.0. The summed E-state index contributed by atoms with van der Waals surface area (Å²) in [5.74, 6) is 0.379. The van der Waals surface area contributed by atoms with Crippen molar-refractivity contribution in [2.75, 3.05) is 0 Å². The smallest absolute Gasteiger partial charge is 0.130 e. The minimum atomic E-state index is -0.369. The summed E-state index contributed by atoms with van der Waals surface area (Å²) in [5.41, 5.74) is 2.87. The van der Waals surface area contributed by atoms with E-state index in [1.807, 2.05) is 47.6 Å². The highest BCUT2D eigenvalue weighted by Gasteiger charge is 2.18. The average molecular weight is 251 g/mol. The van der Waals surface area contributed by atoms with Crippen molar-refractivity contribution in [1.82, 2.24) is 19.1 Å². The molecule has 0 radical (unpaired) electrons. The molecule has 0 amide bonds. The van der Waals surface area contributed by atoms with E-state index in [0.29, 0.717) is 0 Å². The van der Waals surface area contributed by atoms with Gasteiger partial charge in [-0.1, -0.05) is 6.07 Å². The first-order chi connectivity index (χ1) is 9.20. The van der Waals surface area contributed by atoms with Gasteiger partial charge < -0.3 is 9.13 Å². The van der Waals surface area contributed by atoms with E-state index < -0.39 is 0 Å². The van der Waals surface area contributed by atoms with Crippen LogP contribution in [0.4, 0.5) is 0 Å². The molecule has 19 heavy (non-hydrogen) atoms. The number of rotatable bonds is 2. The molecule has 3 rings (SSSR count). The van der Waals surface area contributed by atoms with Crippen molar-refractivity contribution in [2.45, 2.75) is 5.92 Å². The molecule has 0 fully saturated rings. The number of hydrogen-bond donors (Lipinski definition) is 0. The average Bonchev–Trinajstić information content (AvgIpc) is 2.99. The predicted octanol–water partition coefficient (Wildman–Crippen LogP) is 1.96. The fourth-order valence-electron chi connectivity index (χ4n) is 2.27. The molecule has 0 aliphatic heterocycles. The summed E-state index contributed by atoms with van der Waals surface area (Å²) in [6, 6.07) is 8.23. The second kappa shape index (κ2) is 4.25. The molecule has 5 nitrogen and oxygen atoms in total. The van der Waals surface area contributed by atoms with Crippen LogP contribution in [0.15, 0.2) is 36.9 Å². The quantitative estimate of drug-likeness (QED) is 0.699. The van der Waals surface area contributed by atoms with Gasteiger partial charge in [-0.15, -0.1) is 0 Å². The number of aryl methyl sites for hydroxylation is 2. The number of nitrogens with zero attached hydrogens (tertiary/aromatic N) is 5. The van der Waals surface area contributed by atoms with Crippen LogP contribution >= 0.6 is 0 Å². The minimum Gasteiger partial charge on any atom is -0.337 e. The Morgan fingerprint density at radius 2 is 2.05 bits per heavy atom. The molecule has 2 heterocycles. The van der Waals surface area contributed by atoms with Crippen LogP contribution in [0.1, 0.15) is 17.3 Å². The maximum absolute atomic E-state index is 9.42. The highest BCUT2D eigenvalue weighted by molar-refractivity contribution is 5.76. The fraction of sp³-hybridized carbons (Fsp3) is 0.214. The number of imidazole rings is 2. The van der Waals surface area contributed by atoms with Crippen LogP contribution in [0.25, 0.3) is 11.0 Å². The number of nitriles is 1. The van der Waals surface area contributed by atoms with Crippen LogP contribution in [0.3, 0.4) is 0 Å². The van der Waals surface area contributed by atoms with Crippen LogP contribution in [0.2, 0.25) is 0 Å². The first-order valence-corrected chi connectivity index (χ1v) is 5.98. The van der Waals surface area contributed by atoms with Crippen molar-refractivity contribution < 1.29 is 0 Å². The molecule has 94 valence electrons. The lowest BCUT2D eigenvalue weighted by Gasteiger charge is -2.09. The summed E-state index contributed by atoms with van der Waals surface area (Å²) in [5, 5.41) is 9.42. The van der Waals surface area contributed by atoms with Gasteiger partial charge in [0, 0.05) is 26.5 Å². The van der Waals surface area contributed by atoms with Crippen molar-refractivity contribution in [1.29, 1.82) is 5.26 Å². The molecule has 0 spiro atoms. The molecule has 5 heteroatoms. The van der Waals surface area contributed by atoms with Crippen LogP contribution in [0.5, 0.6) is 0 Å². The monoisotopic (exact) mass is 251 g/mol. The third-order valence-electron chi connectivity index (χ3n) is 3.33. The van der Waals surface area contributed by atoms with Gasteiger partial charge in [-0.25, -0.2) is 9.97 Å². The molecule has 0 aliphatic rings. The zero-order chi connectivity index (χ0) is 13.4. The molecule has 2 aromatic heterocycles. The standard InChI is InChI=1S/C14H13N5/c1-18-6-5-16-14(18)11(8-15)10-3-4-13-12(7-10)17-9-19(13)2/h3-7,9,11H,1-2H3. The number of fused-ring (bicyclic) bond motifs is 1. The largest absolute Gasteiger partial charge is 0.337 e. The summed E-state index contributed by atoms with van der Waals surface area (Å²) in [4.78, 5) is 8.59. The van der Waals surface area contributed by atoms with E-state index in [1.54, 1.807) is 12.5 Å². The lowest BCUT2D eigenvalue weighted by molar-refractivity contribution is 0.784. The van der Waals surface area contributed by atoms with Crippen LogP contribution in [-0.4, -0.2) is 19.1 Å². The van der Waals surface area contributed by atoms with Crippen LogP contribution in [0, 0.1) is 11.3 Å². The molecular formula is C14H13N5. The van der Waals surface area contributed by atoms with Crippen molar-refractivity contribution in [3.63, 3.8) is 0 Å². The Labute approximate surface area is 110 Å². The first-order valence-electron chi connectivity index (χ1n) is 5.98. The molecule has 1 unspecified atom stereocenters. The van der Waals surface area contributed by atoms with Crippen molar-refractivity contribution in [3.05, 3.63) is 48.3 Å².